The molecule has 0 atom stereocenters. The van der Waals surface area contributed by atoms with Gasteiger partial charge in [0.2, 0.25) is 0 Å². The van der Waals surface area contributed by atoms with E-state index in [0.717, 1.165) is 21.5 Å². The Hall–Kier alpha value is -2.38. The maximum absolute atomic E-state index is 12.5. The van der Waals surface area contributed by atoms with Gasteiger partial charge in [0.25, 0.3) is 0 Å². The first-order valence-corrected chi connectivity index (χ1v) is 7.13. The van der Waals surface area contributed by atoms with Crippen LogP contribution in [-0.4, -0.2) is 0 Å². The molecule has 0 N–H and O–H groups in total. The Morgan fingerprint density at radius 1 is 0.478 bits per heavy atom. The fourth-order valence-electron chi connectivity index (χ4n) is 3.02. The van der Waals surface area contributed by atoms with E-state index in [2.05, 4.69) is 0 Å². The third-order valence-corrected chi connectivity index (χ3v) is 4.03. The summed E-state index contributed by atoms with van der Waals surface area (Å²) in [6.45, 7) is 0. The van der Waals surface area contributed by atoms with E-state index in [1.807, 2.05) is 48.5 Å². The van der Waals surface area contributed by atoms with Gasteiger partial charge < -0.3 is 10.2 Å². The molecule has 0 fully saturated rings. The van der Waals surface area contributed by atoms with Crippen LogP contribution < -0.4 is 10.2 Å². The van der Waals surface area contributed by atoms with Gasteiger partial charge in [-0.1, -0.05) is 72.8 Å². The van der Waals surface area contributed by atoms with E-state index >= 15 is 0 Å². The van der Waals surface area contributed by atoms with Crippen molar-refractivity contribution in [1.29, 1.82) is 0 Å². The fraction of sp³-hybridized carbons (Fsp3) is 0. The summed E-state index contributed by atoms with van der Waals surface area (Å²) in [6.07, 6.45) is 0. The molecule has 0 saturated carbocycles. The van der Waals surface area contributed by atoms with Crippen LogP contribution in [0.25, 0.3) is 32.7 Å². The van der Waals surface area contributed by atoms with E-state index in [0.29, 0.717) is 11.1 Å². The number of rotatable bonds is 1. The second-order valence-electron chi connectivity index (χ2n) is 5.32. The molecule has 3 heteroatoms. The first kappa shape index (κ1) is 15.5. The van der Waals surface area contributed by atoms with Crippen LogP contribution in [0.2, 0.25) is 0 Å². The summed E-state index contributed by atoms with van der Waals surface area (Å²) >= 11 is 0. The van der Waals surface area contributed by atoms with Gasteiger partial charge in [0.15, 0.2) is 0 Å². The summed E-state index contributed by atoms with van der Waals surface area (Å²) in [6, 6.07) is 22.0. The van der Waals surface area contributed by atoms with Crippen molar-refractivity contribution in [2.24, 2.45) is 0 Å². The minimum Gasteiger partial charge on any atom is -0.872 e. The number of fused-ring (bicyclic) bond motifs is 2. The van der Waals surface area contributed by atoms with Crippen molar-refractivity contribution in [3.05, 3.63) is 72.8 Å². The topological polar surface area (TPSA) is 46.1 Å². The van der Waals surface area contributed by atoms with Gasteiger partial charge >= 0.3 is 19.5 Å². The molecule has 0 aliphatic carbocycles. The Kier molecular flexibility index (Phi) is 4.06. The molecule has 0 bridgehead atoms. The van der Waals surface area contributed by atoms with Crippen LogP contribution in [0.5, 0.6) is 11.5 Å². The average molecular weight is 350 g/mol. The van der Waals surface area contributed by atoms with Crippen LogP contribution in [0.1, 0.15) is 0 Å². The van der Waals surface area contributed by atoms with Gasteiger partial charge in [-0.2, -0.15) is 0 Å². The van der Waals surface area contributed by atoms with Crippen molar-refractivity contribution < 1.29 is 29.7 Å². The van der Waals surface area contributed by atoms with Crippen molar-refractivity contribution >= 4 is 21.5 Å². The van der Waals surface area contributed by atoms with Gasteiger partial charge in [-0.05, 0) is 32.7 Å². The van der Waals surface area contributed by atoms with Gasteiger partial charge in [0.05, 0.1) is 0 Å². The summed E-state index contributed by atoms with van der Waals surface area (Å²) in [5, 5.41) is 28.6. The van der Waals surface area contributed by atoms with Crippen LogP contribution in [0.3, 0.4) is 0 Å². The van der Waals surface area contributed by atoms with Gasteiger partial charge in [-0.15, -0.1) is 11.5 Å². The maximum Gasteiger partial charge on any atom is 2.00 e. The molecular weight excluding hydrogens is 338 g/mol. The molecule has 0 aliphatic heterocycles. The standard InChI is InChI=1S/C20H14O2.Zn/c21-17-11-9-13-5-1-3-7-15(13)19(17)20-16-8-4-2-6-14(16)10-12-18(20)22;/h1-12,21-22H;/q;+2/p-2. The molecule has 0 saturated heterocycles. The van der Waals surface area contributed by atoms with Gasteiger partial charge in [0.1, 0.15) is 0 Å². The molecule has 2 nitrogen and oxygen atoms in total. The molecule has 0 aliphatic rings. The molecule has 4 aromatic rings. The van der Waals surface area contributed by atoms with E-state index in [4.69, 9.17) is 0 Å². The summed E-state index contributed by atoms with van der Waals surface area (Å²) in [5.41, 5.74) is 1.000. The molecule has 23 heavy (non-hydrogen) atoms. The Balaban J connectivity index is 0.00000156. The SMILES string of the molecule is [O-]c1ccc2ccccc2c1-c1c([O-])ccc2ccccc12.[Zn+2]. The van der Waals surface area contributed by atoms with E-state index in [9.17, 15) is 10.2 Å². The first-order valence-electron chi connectivity index (χ1n) is 7.13. The van der Waals surface area contributed by atoms with E-state index in [1.54, 1.807) is 24.3 Å². The molecule has 4 aromatic carbocycles. The van der Waals surface area contributed by atoms with Crippen molar-refractivity contribution in [2.75, 3.05) is 0 Å². The van der Waals surface area contributed by atoms with E-state index in [-0.39, 0.29) is 31.0 Å². The molecule has 106 valence electrons. The molecule has 4 rings (SSSR count). The molecule has 0 aromatic heterocycles. The zero-order valence-electron chi connectivity index (χ0n) is 12.5. The number of hydrogen-bond donors (Lipinski definition) is 0. The van der Waals surface area contributed by atoms with Gasteiger partial charge in [-0.3, -0.25) is 0 Å². The molecule has 0 unspecified atom stereocenters. The minimum absolute atomic E-state index is 0. The predicted molar refractivity (Wildman–Crippen MR) is 85.8 cm³/mol. The van der Waals surface area contributed by atoms with Crippen molar-refractivity contribution in [2.45, 2.75) is 0 Å². The fourth-order valence-corrected chi connectivity index (χ4v) is 3.02. The van der Waals surface area contributed by atoms with Crippen LogP contribution in [-0.2, 0) is 19.5 Å². The summed E-state index contributed by atoms with van der Waals surface area (Å²) in [7, 11) is 0. The largest absolute Gasteiger partial charge is 2.00 e. The maximum atomic E-state index is 12.5. The Bertz CT molecular complexity index is 925. The van der Waals surface area contributed by atoms with Crippen LogP contribution in [0.4, 0.5) is 0 Å². The average Bonchev–Trinajstić information content (AvgIpc) is 2.56. The second-order valence-corrected chi connectivity index (χ2v) is 5.32. The normalized spacial score (nSPS) is 10.6. The predicted octanol–water partition coefficient (Wildman–Crippen LogP) is 3.80. The minimum atomic E-state index is -0.118. The molecule has 0 radical (unpaired) electrons. The Labute approximate surface area is 146 Å². The molecule has 0 heterocycles. The summed E-state index contributed by atoms with van der Waals surface area (Å²) in [5.74, 6) is -0.237. The number of hydrogen-bond acceptors (Lipinski definition) is 2. The molecular formula is C20H12O2Zn. The smallest absolute Gasteiger partial charge is 0.872 e. The molecule has 0 spiro atoms. The van der Waals surface area contributed by atoms with E-state index in [1.165, 1.54) is 0 Å². The zero-order chi connectivity index (χ0) is 15.1. The van der Waals surface area contributed by atoms with Gasteiger partial charge in [0, 0.05) is 0 Å². The Morgan fingerprint density at radius 2 is 0.870 bits per heavy atom. The van der Waals surface area contributed by atoms with Gasteiger partial charge in [-0.25, -0.2) is 0 Å². The van der Waals surface area contributed by atoms with Crippen molar-refractivity contribution in [3.8, 4) is 22.6 Å². The summed E-state index contributed by atoms with van der Waals surface area (Å²) < 4.78 is 0. The van der Waals surface area contributed by atoms with E-state index < -0.39 is 0 Å². The zero-order valence-corrected chi connectivity index (χ0v) is 15.4. The third-order valence-electron chi connectivity index (χ3n) is 4.03. The quantitative estimate of drug-likeness (QED) is 0.491. The monoisotopic (exact) mass is 348 g/mol. The third kappa shape index (κ3) is 2.48. The van der Waals surface area contributed by atoms with Crippen molar-refractivity contribution in [3.63, 3.8) is 0 Å². The number of benzene rings is 4. The summed E-state index contributed by atoms with van der Waals surface area (Å²) in [4.78, 5) is 0. The van der Waals surface area contributed by atoms with Crippen LogP contribution >= 0.6 is 0 Å². The van der Waals surface area contributed by atoms with Crippen LogP contribution in [0.15, 0.2) is 72.8 Å². The van der Waals surface area contributed by atoms with Crippen LogP contribution in [0, 0.1) is 0 Å². The Morgan fingerprint density at radius 3 is 1.30 bits per heavy atom. The first-order chi connectivity index (χ1) is 10.8. The van der Waals surface area contributed by atoms with Crippen molar-refractivity contribution in [1.82, 2.24) is 0 Å². The molecule has 0 amide bonds. The second kappa shape index (κ2) is 6.02.